The zero-order valence-corrected chi connectivity index (χ0v) is 9.35. The Morgan fingerprint density at radius 2 is 1.87 bits per heavy atom. The molecule has 0 saturated carbocycles. The quantitative estimate of drug-likeness (QED) is 0.516. The van der Waals surface area contributed by atoms with E-state index in [0.717, 1.165) is 11.3 Å². The van der Waals surface area contributed by atoms with Crippen LogP contribution in [-0.4, -0.2) is 0 Å². The third kappa shape index (κ3) is 4.01. The van der Waals surface area contributed by atoms with Crippen LogP contribution in [0.2, 0.25) is 0 Å². The standard InChI is InChI=1S/C9H14N4.C2H6/c10-5-6-13(12)9-4-2-1-3-8(9)7-11;1-2/h1-6H,7,10-12H2;1-2H3/b6-5-;. The average molecular weight is 208 g/mol. The second kappa shape index (κ2) is 7.84. The Bertz CT molecular complexity index is 296. The van der Waals surface area contributed by atoms with Crippen LogP contribution in [0, 0.1) is 0 Å². The second-order valence-corrected chi connectivity index (χ2v) is 2.58. The molecule has 6 N–H and O–H groups in total. The molecular formula is C11H20N4. The minimum atomic E-state index is 0.461. The van der Waals surface area contributed by atoms with Crippen molar-refractivity contribution in [2.75, 3.05) is 5.01 Å². The molecule has 0 aliphatic heterocycles. The molecule has 0 aliphatic rings. The van der Waals surface area contributed by atoms with E-state index in [4.69, 9.17) is 17.3 Å². The minimum absolute atomic E-state index is 0.461. The Morgan fingerprint density at radius 3 is 2.40 bits per heavy atom. The molecule has 0 heterocycles. The topological polar surface area (TPSA) is 81.3 Å². The van der Waals surface area contributed by atoms with Crippen LogP contribution in [0.1, 0.15) is 19.4 Å². The molecule has 15 heavy (non-hydrogen) atoms. The van der Waals surface area contributed by atoms with Crippen LogP contribution >= 0.6 is 0 Å². The monoisotopic (exact) mass is 208 g/mol. The van der Waals surface area contributed by atoms with Crippen molar-refractivity contribution in [1.82, 2.24) is 0 Å². The highest BCUT2D eigenvalue weighted by atomic mass is 15.4. The van der Waals surface area contributed by atoms with Crippen molar-refractivity contribution in [2.45, 2.75) is 20.4 Å². The van der Waals surface area contributed by atoms with E-state index in [9.17, 15) is 0 Å². The largest absolute Gasteiger partial charge is 0.403 e. The maximum atomic E-state index is 5.69. The number of benzene rings is 1. The lowest BCUT2D eigenvalue weighted by Gasteiger charge is -2.16. The number of anilines is 1. The summed E-state index contributed by atoms with van der Waals surface area (Å²) in [5, 5.41) is 1.45. The highest BCUT2D eigenvalue weighted by Gasteiger charge is 2.02. The van der Waals surface area contributed by atoms with E-state index in [1.54, 1.807) is 6.20 Å². The molecule has 4 nitrogen and oxygen atoms in total. The van der Waals surface area contributed by atoms with E-state index in [0.29, 0.717) is 6.54 Å². The molecule has 0 radical (unpaired) electrons. The zero-order chi connectivity index (χ0) is 11.7. The fourth-order valence-corrected chi connectivity index (χ4v) is 1.11. The van der Waals surface area contributed by atoms with E-state index in [-0.39, 0.29) is 0 Å². The van der Waals surface area contributed by atoms with Gasteiger partial charge in [0, 0.05) is 18.9 Å². The minimum Gasteiger partial charge on any atom is -0.403 e. The molecule has 0 aliphatic carbocycles. The smallest absolute Gasteiger partial charge is 0.0613 e. The van der Waals surface area contributed by atoms with Crippen LogP contribution < -0.4 is 22.3 Å². The lowest BCUT2D eigenvalue weighted by molar-refractivity contribution is 1.01. The Labute approximate surface area is 91.3 Å². The van der Waals surface area contributed by atoms with Gasteiger partial charge >= 0.3 is 0 Å². The van der Waals surface area contributed by atoms with Crippen LogP contribution in [0.3, 0.4) is 0 Å². The Morgan fingerprint density at radius 1 is 1.27 bits per heavy atom. The van der Waals surface area contributed by atoms with Gasteiger partial charge in [-0.1, -0.05) is 32.0 Å². The van der Waals surface area contributed by atoms with Gasteiger partial charge in [0.2, 0.25) is 0 Å². The summed E-state index contributed by atoms with van der Waals surface area (Å²) in [5.74, 6) is 5.69. The summed E-state index contributed by atoms with van der Waals surface area (Å²) in [7, 11) is 0. The number of nitrogens with zero attached hydrogens (tertiary/aromatic N) is 1. The number of hydrazine groups is 1. The summed E-state index contributed by atoms with van der Waals surface area (Å²) in [6, 6.07) is 7.64. The molecule has 4 heteroatoms. The summed E-state index contributed by atoms with van der Waals surface area (Å²) < 4.78 is 0. The highest BCUT2D eigenvalue weighted by molar-refractivity contribution is 5.54. The fraction of sp³-hybridized carbons (Fsp3) is 0.273. The molecule has 0 spiro atoms. The second-order valence-electron chi connectivity index (χ2n) is 2.58. The van der Waals surface area contributed by atoms with Crippen LogP contribution in [0.15, 0.2) is 36.7 Å². The first-order chi connectivity index (χ1) is 7.29. The van der Waals surface area contributed by atoms with Crippen LogP contribution in [-0.2, 0) is 6.54 Å². The maximum Gasteiger partial charge on any atom is 0.0613 e. The first-order valence-electron chi connectivity index (χ1n) is 5.00. The Kier molecular flexibility index (Phi) is 7.05. The number of para-hydroxylation sites is 1. The molecule has 0 atom stereocenters. The van der Waals surface area contributed by atoms with Crippen LogP contribution in [0.4, 0.5) is 5.69 Å². The van der Waals surface area contributed by atoms with Gasteiger partial charge in [0.25, 0.3) is 0 Å². The van der Waals surface area contributed by atoms with Crippen molar-refractivity contribution in [1.29, 1.82) is 0 Å². The maximum absolute atomic E-state index is 5.69. The lowest BCUT2D eigenvalue weighted by atomic mass is 10.2. The van der Waals surface area contributed by atoms with Crippen molar-refractivity contribution >= 4 is 5.69 Å². The Balaban J connectivity index is 0.000000921. The molecule has 0 saturated heterocycles. The van der Waals surface area contributed by atoms with Gasteiger partial charge in [-0.05, 0) is 11.6 Å². The third-order valence-electron chi connectivity index (χ3n) is 1.74. The zero-order valence-electron chi connectivity index (χ0n) is 9.35. The van der Waals surface area contributed by atoms with Gasteiger partial charge in [-0.3, -0.25) is 5.01 Å². The summed E-state index contributed by atoms with van der Waals surface area (Å²) in [5.41, 5.74) is 12.6. The van der Waals surface area contributed by atoms with E-state index in [1.807, 2.05) is 38.1 Å². The van der Waals surface area contributed by atoms with E-state index >= 15 is 0 Å². The predicted octanol–water partition coefficient (Wildman–Crippen LogP) is 1.28. The highest BCUT2D eigenvalue weighted by Crippen LogP contribution is 2.16. The molecule has 1 aromatic carbocycles. The van der Waals surface area contributed by atoms with E-state index in [2.05, 4.69) is 0 Å². The molecule has 0 unspecified atom stereocenters. The normalized spacial score (nSPS) is 9.60. The lowest BCUT2D eigenvalue weighted by Crippen LogP contribution is -2.26. The van der Waals surface area contributed by atoms with E-state index in [1.165, 1.54) is 11.2 Å². The van der Waals surface area contributed by atoms with Crippen molar-refractivity contribution in [2.24, 2.45) is 17.3 Å². The van der Waals surface area contributed by atoms with Crippen molar-refractivity contribution in [3.8, 4) is 0 Å². The first-order valence-corrected chi connectivity index (χ1v) is 5.00. The van der Waals surface area contributed by atoms with Crippen LogP contribution in [0.5, 0.6) is 0 Å². The van der Waals surface area contributed by atoms with Crippen LogP contribution in [0.25, 0.3) is 0 Å². The molecule has 84 valence electrons. The molecule has 1 rings (SSSR count). The van der Waals surface area contributed by atoms with Crippen molar-refractivity contribution < 1.29 is 0 Å². The molecule has 0 amide bonds. The van der Waals surface area contributed by atoms with Gasteiger partial charge < -0.3 is 11.5 Å². The van der Waals surface area contributed by atoms with E-state index < -0.39 is 0 Å². The van der Waals surface area contributed by atoms with Gasteiger partial charge in [0.05, 0.1) is 5.69 Å². The number of nitrogens with two attached hydrogens (primary N) is 3. The molecule has 0 fully saturated rings. The van der Waals surface area contributed by atoms with Gasteiger partial charge in [0.15, 0.2) is 0 Å². The summed E-state index contributed by atoms with van der Waals surface area (Å²) in [6.45, 7) is 4.46. The van der Waals surface area contributed by atoms with Gasteiger partial charge in [-0.25, -0.2) is 5.84 Å². The molecule has 1 aromatic rings. The molecule has 0 aromatic heterocycles. The SMILES string of the molecule is CC.N/C=C\N(N)c1ccccc1CN. The Hall–Kier alpha value is -1.52. The summed E-state index contributed by atoms with van der Waals surface area (Å²) >= 11 is 0. The fourth-order valence-electron chi connectivity index (χ4n) is 1.11. The van der Waals surface area contributed by atoms with Gasteiger partial charge in [0.1, 0.15) is 0 Å². The first kappa shape index (κ1) is 13.5. The molecular weight excluding hydrogens is 188 g/mol. The number of rotatable bonds is 3. The van der Waals surface area contributed by atoms with Crippen molar-refractivity contribution in [3.05, 3.63) is 42.2 Å². The third-order valence-corrected chi connectivity index (χ3v) is 1.74. The predicted molar refractivity (Wildman–Crippen MR) is 65.7 cm³/mol. The summed E-state index contributed by atoms with van der Waals surface area (Å²) in [6.07, 6.45) is 2.96. The average Bonchev–Trinajstić information content (AvgIpc) is 2.32. The van der Waals surface area contributed by atoms with Gasteiger partial charge in [-0.2, -0.15) is 0 Å². The van der Waals surface area contributed by atoms with Crippen molar-refractivity contribution in [3.63, 3.8) is 0 Å². The molecule has 0 bridgehead atoms. The number of hydrogen-bond acceptors (Lipinski definition) is 4. The number of hydrogen-bond donors (Lipinski definition) is 3. The van der Waals surface area contributed by atoms with Gasteiger partial charge in [-0.15, -0.1) is 0 Å². The summed E-state index contributed by atoms with van der Waals surface area (Å²) in [4.78, 5) is 0.